The molecule has 0 amide bonds. The van der Waals surface area contributed by atoms with Crippen LogP contribution in [0.25, 0.3) is 0 Å². The number of rotatable bonds is 4. The summed E-state index contributed by atoms with van der Waals surface area (Å²) in [6.07, 6.45) is 1.91. The number of sulfonamides is 1. The van der Waals surface area contributed by atoms with Crippen LogP contribution in [-0.2, 0) is 30.4 Å². The van der Waals surface area contributed by atoms with Crippen molar-refractivity contribution in [1.82, 2.24) is 9.21 Å². The lowest BCUT2D eigenvalue weighted by molar-refractivity contribution is -0.0719. The monoisotopic (exact) mass is 388 g/mol. The predicted molar refractivity (Wildman–Crippen MR) is 94.5 cm³/mol. The van der Waals surface area contributed by atoms with Gasteiger partial charge in [-0.25, -0.2) is 16.8 Å². The maximum Gasteiger partial charge on any atom is 0.243 e. The van der Waals surface area contributed by atoms with Crippen LogP contribution in [0.2, 0.25) is 0 Å². The van der Waals surface area contributed by atoms with Crippen LogP contribution in [0.1, 0.15) is 12.0 Å². The summed E-state index contributed by atoms with van der Waals surface area (Å²) in [5, 5.41) is 0. The Kier molecular flexibility index (Phi) is 5.23. The average Bonchev–Trinajstić information content (AvgIpc) is 2.53. The van der Waals surface area contributed by atoms with E-state index in [1.165, 1.54) is 12.1 Å². The smallest absolute Gasteiger partial charge is 0.243 e. The van der Waals surface area contributed by atoms with E-state index >= 15 is 0 Å². The standard InChI is InChI=1S/C16H24N2O5S2/c1-17-8-7-16-15(11-17)18(9-10-23-16)25(21,22)14-5-3-13(4-6-14)12-24(2,19)20/h3-6,15-16H,7-12H2,1-2H3. The predicted octanol–water partition coefficient (Wildman–Crippen LogP) is 0.325. The van der Waals surface area contributed by atoms with E-state index in [-0.39, 0.29) is 22.8 Å². The fourth-order valence-electron chi connectivity index (χ4n) is 3.49. The molecule has 0 radical (unpaired) electrons. The van der Waals surface area contributed by atoms with Gasteiger partial charge in [-0.2, -0.15) is 4.31 Å². The molecule has 0 N–H and O–H groups in total. The lowest BCUT2D eigenvalue weighted by Crippen LogP contribution is -2.60. The molecule has 7 nitrogen and oxygen atoms in total. The zero-order chi connectivity index (χ0) is 18.2. The molecule has 2 heterocycles. The maximum absolute atomic E-state index is 13.1. The van der Waals surface area contributed by atoms with Crippen molar-refractivity contribution in [3.63, 3.8) is 0 Å². The fourth-order valence-corrected chi connectivity index (χ4v) is 5.92. The van der Waals surface area contributed by atoms with Crippen LogP contribution in [0.15, 0.2) is 29.2 Å². The summed E-state index contributed by atoms with van der Waals surface area (Å²) < 4.78 is 56.2. The average molecular weight is 389 g/mol. The lowest BCUT2D eigenvalue weighted by atomic mass is 10.0. The second kappa shape index (κ2) is 6.96. The van der Waals surface area contributed by atoms with Crippen LogP contribution < -0.4 is 0 Å². The van der Waals surface area contributed by atoms with Crippen molar-refractivity contribution in [2.75, 3.05) is 39.5 Å². The van der Waals surface area contributed by atoms with E-state index in [4.69, 9.17) is 4.74 Å². The van der Waals surface area contributed by atoms with Gasteiger partial charge in [0.1, 0.15) is 0 Å². The molecule has 2 unspecified atom stereocenters. The first-order valence-electron chi connectivity index (χ1n) is 8.25. The van der Waals surface area contributed by atoms with Crippen LogP contribution in [-0.4, -0.2) is 77.7 Å². The van der Waals surface area contributed by atoms with Gasteiger partial charge in [0.2, 0.25) is 10.0 Å². The van der Waals surface area contributed by atoms with E-state index in [0.717, 1.165) is 19.2 Å². The molecule has 2 saturated heterocycles. The number of ether oxygens (including phenoxy) is 1. The summed E-state index contributed by atoms with van der Waals surface area (Å²) >= 11 is 0. The highest BCUT2D eigenvalue weighted by Crippen LogP contribution is 2.28. The van der Waals surface area contributed by atoms with Crippen molar-refractivity contribution in [2.45, 2.75) is 29.2 Å². The van der Waals surface area contributed by atoms with E-state index in [9.17, 15) is 16.8 Å². The van der Waals surface area contributed by atoms with Gasteiger partial charge >= 0.3 is 0 Å². The Labute approximate surface area is 149 Å². The Morgan fingerprint density at radius 3 is 2.44 bits per heavy atom. The topological polar surface area (TPSA) is 84.0 Å². The Morgan fingerprint density at radius 1 is 1.12 bits per heavy atom. The van der Waals surface area contributed by atoms with Crippen LogP contribution in [0, 0.1) is 0 Å². The highest BCUT2D eigenvalue weighted by atomic mass is 32.2. The first kappa shape index (κ1) is 18.8. The molecule has 1 aromatic rings. The van der Waals surface area contributed by atoms with Crippen LogP contribution in [0.5, 0.6) is 0 Å². The molecule has 0 aromatic heterocycles. The Balaban J connectivity index is 1.85. The molecular formula is C16H24N2O5S2. The number of fused-ring (bicyclic) bond motifs is 1. The summed E-state index contributed by atoms with van der Waals surface area (Å²) in [4.78, 5) is 2.31. The van der Waals surface area contributed by atoms with E-state index in [1.54, 1.807) is 16.4 Å². The molecule has 0 aliphatic carbocycles. The molecule has 2 atom stereocenters. The molecule has 25 heavy (non-hydrogen) atoms. The van der Waals surface area contributed by atoms with Gasteiger partial charge in [0.05, 0.1) is 29.4 Å². The summed E-state index contributed by atoms with van der Waals surface area (Å²) in [5.74, 6) is -0.0968. The van der Waals surface area contributed by atoms with Gasteiger partial charge in [-0.3, -0.25) is 0 Å². The largest absolute Gasteiger partial charge is 0.375 e. The van der Waals surface area contributed by atoms with Gasteiger partial charge in [0, 0.05) is 25.9 Å². The van der Waals surface area contributed by atoms with Gasteiger partial charge in [-0.05, 0) is 31.2 Å². The van der Waals surface area contributed by atoms with Crippen LogP contribution in [0.3, 0.4) is 0 Å². The number of hydrogen-bond acceptors (Lipinski definition) is 6. The minimum absolute atomic E-state index is 0.0655. The number of piperidine rings is 1. The molecule has 0 bridgehead atoms. The van der Waals surface area contributed by atoms with Gasteiger partial charge in [0.15, 0.2) is 9.84 Å². The highest BCUT2D eigenvalue weighted by molar-refractivity contribution is 7.90. The zero-order valence-corrected chi connectivity index (χ0v) is 16.1. The highest BCUT2D eigenvalue weighted by Gasteiger charge is 2.42. The van der Waals surface area contributed by atoms with Gasteiger partial charge in [0.25, 0.3) is 0 Å². The van der Waals surface area contributed by atoms with Crippen LogP contribution >= 0.6 is 0 Å². The van der Waals surface area contributed by atoms with Gasteiger partial charge in [-0.15, -0.1) is 0 Å². The SMILES string of the molecule is CN1CCC2OCCN(S(=O)(=O)c3ccc(CS(C)(=O)=O)cc3)C2C1. The fraction of sp³-hybridized carbons (Fsp3) is 0.625. The summed E-state index contributed by atoms with van der Waals surface area (Å²) in [5.41, 5.74) is 0.582. The van der Waals surface area contributed by atoms with Crippen molar-refractivity contribution >= 4 is 19.9 Å². The van der Waals surface area contributed by atoms with Crippen molar-refractivity contribution in [2.24, 2.45) is 0 Å². The second-order valence-corrected chi connectivity index (χ2v) is 10.9. The molecule has 0 saturated carbocycles. The first-order valence-corrected chi connectivity index (χ1v) is 11.8. The summed E-state index contributed by atoms with van der Waals surface area (Å²) in [6, 6.07) is 5.94. The number of nitrogens with zero attached hydrogens (tertiary/aromatic N) is 2. The Hall–Kier alpha value is -1.00. The van der Waals surface area contributed by atoms with E-state index in [1.807, 2.05) is 7.05 Å². The van der Waals surface area contributed by atoms with Crippen molar-refractivity contribution in [3.05, 3.63) is 29.8 Å². The normalized spacial score (nSPS) is 26.3. The molecule has 140 valence electrons. The number of likely N-dealkylation sites (N-methyl/N-ethyl adjacent to an activating group) is 1. The number of sulfone groups is 1. The van der Waals surface area contributed by atoms with E-state index < -0.39 is 19.9 Å². The quantitative estimate of drug-likeness (QED) is 0.739. The molecule has 2 aliphatic heterocycles. The maximum atomic E-state index is 13.1. The summed E-state index contributed by atoms with van der Waals surface area (Å²) in [6.45, 7) is 2.28. The van der Waals surface area contributed by atoms with Gasteiger partial charge in [-0.1, -0.05) is 12.1 Å². The third kappa shape index (κ3) is 4.22. The first-order chi connectivity index (χ1) is 11.7. The minimum Gasteiger partial charge on any atom is -0.375 e. The van der Waals surface area contributed by atoms with Crippen molar-refractivity contribution < 1.29 is 21.6 Å². The number of benzene rings is 1. The van der Waals surface area contributed by atoms with E-state index in [0.29, 0.717) is 25.3 Å². The molecule has 1 aromatic carbocycles. The molecule has 0 spiro atoms. The number of likely N-dealkylation sites (tertiary alicyclic amines) is 1. The number of hydrogen-bond donors (Lipinski definition) is 0. The third-order valence-corrected chi connectivity index (χ3v) is 7.49. The molecule has 3 rings (SSSR count). The molecular weight excluding hydrogens is 364 g/mol. The van der Waals surface area contributed by atoms with Gasteiger partial charge < -0.3 is 9.64 Å². The number of morpholine rings is 1. The van der Waals surface area contributed by atoms with Crippen LogP contribution in [0.4, 0.5) is 0 Å². The molecule has 2 aliphatic rings. The van der Waals surface area contributed by atoms with Crippen molar-refractivity contribution in [3.8, 4) is 0 Å². The molecule has 9 heteroatoms. The third-order valence-electron chi connectivity index (χ3n) is 4.70. The lowest BCUT2D eigenvalue weighted by Gasteiger charge is -2.45. The molecule has 2 fully saturated rings. The second-order valence-electron chi connectivity index (χ2n) is 6.86. The van der Waals surface area contributed by atoms with Crippen molar-refractivity contribution in [1.29, 1.82) is 0 Å². The zero-order valence-electron chi connectivity index (χ0n) is 14.5. The Bertz CT molecular complexity index is 821. The summed E-state index contributed by atoms with van der Waals surface area (Å²) in [7, 11) is -4.81. The minimum atomic E-state index is -3.64. The Morgan fingerprint density at radius 2 is 1.80 bits per heavy atom. The van der Waals surface area contributed by atoms with E-state index in [2.05, 4.69) is 4.90 Å².